The molecule has 0 saturated carbocycles. The largest absolute Gasteiger partial charge is 0.507 e. The highest BCUT2D eigenvalue weighted by Crippen LogP contribution is 2.29. The number of benzene rings is 1. The summed E-state index contributed by atoms with van der Waals surface area (Å²) in [6, 6.07) is 4.87. The number of aliphatic hydroxyl groups excluding tert-OH is 1. The van der Waals surface area contributed by atoms with Crippen molar-refractivity contribution in [2.45, 2.75) is 32.6 Å². The van der Waals surface area contributed by atoms with Gasteiger partial charge in [-0.3, -0.25) is 0 Å². The molecule has 1 aromatic carbocycles. The van der Waals surface area contributed by atoms with E-state index >= 15 is 0 Å². The minimum atomic E-state index is -0.504. The summed E-state index contributed by atoms with van der Waals surface area (Å²) in [7, 11) is 0. The fourth-order valence-corrected chi connectivity index (χ4v) is 2.23. The number of rotatable bonds is 7. The van der Waals surface area contributed by atoms with E-state index in [0.29, 0.717) is 23.1 Å². The molecule has 0 radical (unpaired) electrons. The minimum absolute atomic E-state index is 0.00828. The molecule has 5 nitrogen and oxygen atoms in total. The molecule has 1 heterocycles. The van der Waals surface area contributed by atoms with E-state index in [2.05, 4.69) is 6.92 Å². The fraction of sp³-hybridized carbons (Fsp3) is 0.438. The second-order valence-electron chi connectivity index (χ2n) is 4.90. The Morgan fingerprint density at radius 2 is 2.10 bits per heavy atom. The van der Waals surface area contributed by atoms with Gasteiger partial charge >= 0.3 is 5.63 Å². The van der Waals surface area contributed by atoms with Gasteiger partial charge in [-0.1, -0.05) is 19.8 Å². The number of aliphatic hydroxyl groups is 1. The molecular formula is C16H20O5. The first-order valence-electron chi connectivity index (χ1n) is 7.19. The van der Waals surface area contributed by atoms with Crippen LogP contribution in [0.25, 0.3) is 11.0 Å². The lowest BCUT2D eigenvalue weighted by molar-refractivity contribution is 0.201. The third-order valence-electron chi connectivity index (χ3n) is 3.33. The Kier molecular flexibility index (Phi) is 5.22. The van der Waals surface area contributed by atoms with Crippen LogP contribution >= 0.6 is 0 Å². The van der Waals surface area contributed by atoms with Crippen LogP contribution in [-0.2, 0) is 6.42 Å². The first-order valence-corrected chi connectivity index (χ1v) is 7.19. The maximum atomic E-state index is 12.0. The van der Waals surface area contributed by atoms with Gasteiger partial charge in [0.25, 0.3) is 0 Å². The van der Waals surface area contributed by atoms with Crippen molar-refractivity contribution in [2.24, 2.45) is 0 Å². The normalized spacial score (nSPS) is 11.0. The van der Waals surface area contributed by atoms with E-state index in [-0.39, 0.29) is 24.5 Å². The first kappa shape index (κ1) is 15.4. The summed E-state index contributed by atoms with van der Waals surface area (Å²) < 4.78 is 10.5. The Balaban J connectivity index is 2.35. The van der Waals surface area contributed by atoms with Gasteiger partial charge in [0.2, 0.25) is 0 Å². The average molecular weight is 292 g/mol. The van der Waals surface area contributed by atoms with Crippen LogP contribution in [0.2, 0.25) is 0 Å². The molecule has 2 aromatic rings. The van der Waals surface area contributed by atoms with Gasteiger partial charge in [0, 0.05) is 6.07 Å². The zero-order valence-corrected chi connectivity index (χ0v) is 12.1. The van der Waals surface area contributed by atoms with Gasteiger partial charge in [0.15, 0.2) is 0 Å². The Morgan fingerprint density at radius 3 is 2.81 bits per heavy atom. The quantitative estimate of drug-likeness (QED) is 0.605. The van der Waals surface area contributed by atoms with Gasteiger partial charge in [-0.25, -0.2) is 4.79 Å². The molecule has 0 fully saturated rings. The van der Waals surface area contributed by atoms with Gasteiger partial charge in [-0.2, -0.15) is 0 Å². The van der Waals surface area contributed by atoms with Crippen LogP contribution in [0.4, 0.5) is 0 Å². The molecule has 0 atom stereocenters. The molecule has 1 aromatic heterocycles. The van der Waals surface area contributed by atoms with E-state index < -0.39 is 5.63 Å². The van der Waals surface area contributed by atoms with Crippen LogP contribution in [0.1, 0.15) is 31.7 Å². The number of ether oxygens (including phenoxy) is 1. The van der Waals surface area contributed by atoms with Crippen molar-refractivity contribution in [2.75, 3.05) is 13.2 Å². The minimum Gasteiger partial charge on any atom is -0.507 e. The van der Waals surface area contributed by atoms with Crippen LogP contribution in [0.3, 0.4) is 0 Å². The molecule has 0 aliphatic rings. The van der Waals surface area contributed by atoms with Crippen molar-refractivity contribution in [3.8, 4) is 11.5 Å². The average Bonchev–Trinajstić information content (AvgIpc) is 2.48. The molecule has 2 rings (SSSR count). The van der Waals surface area contributed by atoms with Gasteiger partial charge in [-0.15, -0.1) is 0 Å². The highest BCUT2D eigenvalue weighted by Gasteiger charge is 2.14. The SMILES string of the molecule is CCCCCc1c(O)c2ccc(OCCO)cc2oc1=O. The summed E-state index contributed by atoms with van der Waals surface area (Å²) in [5.74, 6) is 0.476. The monoisotopic (exact) mass is 292 g/mol. The predicted molar refractivity (Wildman–Crippen MR) is 80.0 cm³/mol. The van der Waals surface area contributed by atoms with Crippen LogP contribution in [0.15, 0.2) is 27.4 Å². The fourth-order valence-electron chi connectivity index (χ4n) is 2.23. The molecule has 0 spiro atoms. The molecule has 0 aliphatic heterocycles. The smallest absolute Gasteiger partial charge is 0.343 e. The molecule has 5 heteroatoms. The third kappa shape index (κ3) is 3.55. The Hall–Kier alpha value is -2.01. The molecule has 0 saturated heterocycles. The molecule has 0 aliphatic carbocycles. The molecule has 0 unspecified atom stereocenters. The summed E-state index contributed by atoms with van der Waals surface area (Å²) in [5, 5.41) is 19.5. The molecule has 114 valence electrons. The van der Waals surface area contributed by atoms with Crippen molar-refractivity contribution in [3.05, 3.63) is 34.2 Å². The molecule has 0 amide bonds. The van der Waals surface area contributed by atoms with Gasteiger partial charge < -0.3 is 19.4 Å². The van der Waals surface area contributed by atoms with E-state index in [4.69, 9.17) is 14.3 Å². The number of hydrogen-bond acceptors (Lipinski definition) is 5. The summed E-state index contributed by atoms with van der Waals surface area (Å²) in [6.07, 6.45) is 3.41. The van der Waals surface area contributed by atoms with Crippen molar-refractivity contribution < 1.29 is 19.4 Å². The van der Waals surface area contributed by atoms with E-state index in [1.807, 2.05) is 0 Å². The van der Waals surface area contributed by atoms with Gasteiger partial charge in [0.05, 0.1) is 17.6 Å². The number of fused-ring (bicyclic) bond motifs is 1. The molecule has 0 bridgehead atoms. The lowest BCUT2D eigenvalue weighted by atomic mass is 10.1. The maximum Gasteiger partial charge on any atom is 0.343 e. The lowest BCUT2D eigenvalue weighted by Crippen LogP contribution is -2.08. The van der Waals surface area contributed by atoms with E-state index in [9.17, 15) is 9.90 Å². The zero-order chi connectivity index (χ0) is 15.2. The molecular weight excluding hydrogens is 272 g/mol. The highest BCUT2D eigenvalue weighted by molar-refractivity contribution is 5.85. The van der Waals surface area contributed by atoms with Crippen molar-refractivity contribution in [1.29, 1.82) is 0 Å². The third-order valence-corrected chi connectivity index (χ3v) is 3.33. The first-order chi connectivity index (χ1) is 10.2. The summed E-state index contributed by atoms with van der Waals surface area (Å²) in [4.78, 5) is 12.0. The van der Waals surface area contributed by atoms with E-state index in [0.717, 1.165) is 19.3 Å². The van der Waals surface area contributed by atoms with Crippen molar-refractivity contribution in [1.82, 2.24) is 0 Å². The second kappa shape index (κ2) is 7.13. The predicted octanol–water partition coefficient (Wildman–Crippen LogP) is 2.60. The van der Waals surface area contributed by atoms with Crippen LogP contribution in [-0.4, -0.2) is 23.4 Å². The Labute approximate surface area is 122 Å². The Bertz CT molecular complexity index is 660. The van der Waals surface area contributed by atoms with Crippen LogP contribution in [0.5, 0.6) is 11.5 Å². The van der Waals surface area contributed by atoms with Crippen molar-refractivity contribution in [3.63, 3.8) is 0 Å². The van der Waals surface area contributed by atoms with Crippen LogP contribution in [0, 0.1) is 0 Å². The van der Waals surface area contributed by atoms with Crippen molar-refractivity contribution >= 4 is 11.0 Å². The summed E-state index contributed by atoms with van der Waals surface area (Å²) >= 11 is 0. The molecule has 2 N–H and O–H groups in total. The highest BCUT2D eigenvalue weighted by atomic mass is 16.5. The Morgan fingerprint density at radius 1 is 1.29 bits per heavy atom. The number of aromatic hydroxyl groups is 1. The van der Waals surface area contributed by atoms with E-state index in [1.165, 1.54) is 0 Å². The van der Waals surface area contributed by atoms with Crippen LogP contribution < -0.4 is 10.4 Å². The second-order valence-corrected chi connectivity index (χ2v) is 4.90. The maximum absolute atomic E-state index is 12.0. The van der Waals surface area contributed by atoms with Gasteiger partial charge in [-0.05, 0) is 25.0 Å². The number of unbranched alkanes of at least 4 members (excludes halogenated alkanes) is 2. The molecule has 21 heavy (non-hydrogen) atoms. The summed E-state index contributed by atoms with van der Waals surface area (Å²) in [6.45, 7) is 2.15. The van der Waals surface area contributed by atoms with Gasteiger partial charge in [0.1, 0.15) is 23.7 Å². The number of hydrogen-bond donors (Lipinski definition) is 2. The van der Waals surface area contributed by atoms with E-state index in [1.54, 1.807) is 18.2 Å². The topological polar surface area (TPSA) is 79.9 Å². The standard InChI is InChI=1S/C16H20O5/c1-2-3-4-5-13-15(18)12-7-6-11(20-9-8-17)10-14(12)21-16(13)19/h6-7,10,17-18H,2-5,8-9H2,1H3. The summed E-state index contributed by atoms with van der Waals surface area (Å²) in [5.41, 5.74) is 0.113. The lowest BCUT2D eigenvalue weighted by Gasteiger charge is -2.08. The zero-order valence-electron chi connectivity index (χ0n) is 12.1.